The number of carbonyl (C=O) groups is 3. The Hall–Kier alpha value is -2.31. The standard InChI is InChI=1S/C16H24N2O5/c1-5-7-8-17-12(19)9-23-16(21)14-10(3)13(11(4)18-14)15(20)22-6-2/h18H,5-9H2,1-4H3,(H,17,19). The third-order valence-electron chi connectivity index (χ3n) is 3.31. The number of unbranched alkanes of at least 4 members (excludes halogenated alkanes) is 1. The zero-order valence-electron chi connectivity index (χ0n) is 14.1. The van der Waals surface area contributed by atoms with E-state index in [1.807, 2.05) is 6.92 Å². The van der Waals surface area contributed by atoms with E-state index in [4.69, 9.17) is 9.47 Å². The minimum atomic E-state index is -0.674. The number of carbonyl (C=O) groups excluding carboxylic acids is 3. The molecule has 1 rings (SSSR count). The maximum Gasteiger partial charge on any atom is 0.355 e. The van der Waals surface area contributed by atoms with Gasteiger partial charge in [-0.15, -0.1) is 0 Å². The van der Waals surface area contributed by atoms with Gasteiger partial charge in [-0.05, 0) is 32.8 Å². The summed E-state index contributed by atoms with van der Waals surface area (Å²) in [5, 5.41) is 2.66. The molecule has 0 fully saturated rings. The van der Waals surface area contributed by atoms with E-state index in [-0.39, 0.29) is 24.8 Å². The van der Waals surface area contributed by atoms with Gasteiger partial charge in [-0.3, -0.25) is 4.79 Å². The molecule has 0 aromatic carbocycles. The number of rotatable bonds is 8. The lowest BCUT2D eigenvalue weighted by molar-refractivity contribution is -0.124. The first kappa shape index (κ1) is 18.7. The molecule has 0 unspecified atom stereocenters. The van der Waals surface area contributed by atoms with Crippen LogP contribution >= 0.6 is 0 Å². The summed E-state index contributed by atoms with van der Waals surface area (Å²) < 4.78 is 9.94. The van der Waals surface area contributed by atoms with Crippen LogP contribution in [0, 0.1) is 13.8 Å². The van der Waals surface area contributed by atoms with Crippen molar-refractivity contribution in [3.8, 4) is 0 Å². The summed E-state index contributed by atoms with van der Waals surface area (Å²) in [7, 11) is 0. The van der Waals surface area contributed by atoms with E-state index < -0.39 is 11.9 Å². The number of nitrogens with one attached hydrogen (secondary N) is 2. The maximum atomic E-state index is 12.1. The molecule has 0 bridgehead atoms. The Morgan fingerprint density at radius 2 is 1.78 bits per heavy atom. The molecule has 0 atom stereocenters. The van der Waals surface area contributed by atoms with Crippen molar-refractivity contribution >= 4 is 17.8 Å². The van der Waals surface area contributed by atoms with Crippen LogP contribution in [0.3, 0.4) is 0 Å². The average molecular weight is 324 g/mol. The average Bonchev–Trinajstić information content (AvgIpc) is 2.80. The molecule has 0 aliphatic rings. The molecule has 0 aliphatic heterocycles. The Bertz CT molecular complexity index is 577. The highest BCUT2D eigenvalue weighted by atomic mass is 16.5. The van der Waals surface area contributed by atoms with Crippen LogP contribution < -0.4 is 5.32 Å². The molecular weight excluding hydrogens is 300 g/mol. The van der Waals surface area contributed by atoms with Gasteiger partial charge in [0.2, 0.25) is 0 Å². The highest BCUT2D eigenvalue weighted by molar-refractivity contribution is 5.99. The number of aromatic nitrogens is 1. The molecule has 2 N–H and O–H groups in total. The van der Waals surface area contributed by atoms with Gasteiger partial charge in [0.1, 0.15) is 5.69 Å². The third-order valence-corrected chi connectivity index (χ3v) is 3.31. The Labute approximate surface area is 135 Å². The van der Waals surface area contributed by atoms with E-state index in [1.165, 1.54) is 0 Å². The number of esters is 2. The molecule has 0 spiro atoms. The van der Waals surface area contributed by atoms with Gasteiger partial charge in [-0.1, -0.05) is 13.3 Å². The first-order chi connectivity index (χ1) is 10.9. The predicted molar refractivity (Wildman–Crippen MR) is 84.4 cm³/mol. The van der Waals surface area contributed by atoms with Crippen molar-refractivity contribution in [3.63, 3.8) is 0 Å². The first-order valence-corrected chi connectivity index (χ1v) is 7.72. The summed E-state index contributed by atoms with van der Waals surface area (Å²) in [5.74, 6) is -1.51. The number of ether oxygens (including phenoxy) is 2. The molecule has 0 radical (unpaired) electrons. The van der Waals surface area contributed by atoms with Crippen LogP contribution in [0.4, 0.5) is 0 Å². The fraction of sp³-hybridized carbons (Fsp3) is 0.562. The highest BCUT2D eigenvalue weighted by Crippen LogP contribution is 2.19. The van der Waals surface area contributed by atoms with Gasteiger partial charge in [-0.25, -0.2) is 9.59 Å². The van der Waals surface area contributed by atoms with Gasteiger partial charge >= 0.3 is 11.9 Å². The Balaban J connectivity index is 2.69. The lowest BCUT2D eigenvalue weighted by Crippen LogP contribution is -2.29. The molecule has 7 heteroatoms. The number of hydrogen-bond acceptors (Lipinski definition) is 5. The molecule has 7 nitrogen and oxygen atoms in total. The summed E-state index contributed by atoms with van der Waals surface area (Å²) in [4.78, 5) is 38.3. The third kappa shape index (κ3) is 5.12. The zero-order chi connectivity index (χ0) is 17.4. The van der Waals surface area contributed by atoms with Crippen LogP contribution in [0.15, 0.2) is 0 Å². The Kier molecular flexibility index (Phi) is 7.31. The van der Waals surface area contributed by atoms with Crippen molar-refractivity contribution in [3.05, 3.63) is 22.5 Å². The quantitative estimate of drug-likeness (QED) is 0.562. The van der Waals surface area contributed by atoms with E-state index >= 15 is 0 Å². The van der Waals surface area contributed by atoms with Crippen LogP contribution in [-0.4, -0.2) is 42.6 Å². The SMILES string of the molecule is CCCCNC(=O)COC(=O)c1[nH]c(C)c(C(=O)OCC)c1C. The van der Waals surface area contributed by atoms with Crippen LogP contribution in [0.25, 0.3) is 0 Å². The number of aryl methyl sites for hydroxylation is 1. The van der Waals surface area contributed by atoms with E-state index in [9.17, 15) is 14.4 Å². The number of hydrogen-bond donors (Lipinski definition) is 2. The smallest absolute Gasteiger partial charge is 0.355 e. The molecule has 1 amide bonds. The van der Waals surface area contributed by atoms with Gasteiger partial charge in [-0.2, -0.15) is 0 Å². The van der Waals surface area contributed by atoms with Gasteiger partial charge < -0.3 is 19.8 Å². The van der Waals surface area contributed by atoms with Crippen LogP contribution in [0.5, 0.6) is 0 Å². The van der Waals surface area contributed by atoms with Crippen molar-refractivity contribution in [2.75, 3.05) is 19.8 Å². The molecule has 1 aromatic rings. The van der Waals surface area contributed by atoms with E-state index in [2.05, 4.69) is 10.3 Å². The zero-order valence-corrected chi connectivity index (χ0v) is 14.1. The molecule has 1 heterocycles. The minimum absolute atomic E-state index is 0.159. The van der Waals surface area contributed by atoms with Gasteiger partial charge in [0.25, 0.3) is 5.91 Å². The predicted octanol–water partition coefficient (Wildman–Crippen LogP) is 1.88. The van der Waals surface area contributed by atoms with Gasteiger partial charge in [0, 0.05) is 12.2 Å². The van der Waals surface area contributed by atoms with Gasteiger partial charge in [0.15, 0.2) is 6.61 Å². The molecule has 0 saturated heterocycles. The second kappa shape index (κ2) is 8.97. The van der Waals surface area contributed by atoms with Crippen molar-refractivity contribution in [2.24, 2.45) is 0 Å². The Morgan fingerprint density at radius 3 is 2.39 bits per heavy atom. The first-order valence-electron chi connectivity index (χ1n) is 7.72. The summed E-state index contributed by atoms with van der Waals surface area (Å²) in [6.45, 7) is 7.49. The monoisotopic (exact) mass is 324 g/mol. The minimum Gasteiger partial charge on any atom is -0.462 e. The molecule has 0 saturated carbocycles. The summed E-state index contributed by atoms with van der Waals surface area (Å²) >= 11 is 0. The fourth-order valence-corrected chi connectivity index (χ4v) is 2.12. The molecule has 0 aliphatic carbocycles. The van der Waals surface area contributed by atoms with Gasteiger partial charge in [0.05, 0.1) is 12.2 Å². The largest absolute Gasteiger partial charge is 0.462 e. The van der Waals surface area contributed by atoms with Crippen LogP contribution in [-0.2, 0) is 14.3 Å². The number of amides is 1. The van der Waals surface area contributed by atoms with Crippen molar-refractivity contribution in [2.45, 2.75) is 40.5 Å². The van der Waals surface area contributed by atoms with E-state index in [0.717, 1.165) is 12.8 Å². The molecule has 128 valence electrons. The fourth-order valence-electron chi connectivity index (χ4n) is 2.12. The van der Waals surface area contributed by atoms with Crippen molar-refractivity contribution in [1.82, 2.24) is 10.3 Å². The normalized spacial score (nSPS) is 10.3. The topological polar surface area (TPSA) is 97.5 Å². The molecule has 23 heavy (non-hydrogen) atoms. The Morgan fingerprint density at radius 1 is 1.09 bits per heavy atom. The number of H-pyrrole nitrogens is 1. The second-order valence-corrected chi connectivity index (χ2v) is 5.13. The molecular formula is C16H24N2O5. The second-order valence-electron chi connectivity index (χ2n) is 5.13. The highest BCUT2D eigenvalue weighted by Gasteiger charge is 2.24. The van der Waals surface area contributed by atoms with E-state index in [0.29, 0.717) is 23.4 Å². The van der Waals surface area contributed by atoms with Crippen LogP contribution in [0.2, 0.25) is 0 Å². The summed E-state index contributed by atoms with van der Waals surface area (Å²) in [5.41, 5.74) is 1.47. The summed E-state index contributed by atoms with van der Waals surface area (Å²) in [6, 6.07) is 0. The van der Waals surface area contributed by atoms with E-state index in [1.54, 1.807) is 20.8 Å². The lowest BCUT2D eigenvalue weighted by Gasteiger charge is -2.06. The maximum absolute atomic E-state index is 12.1. The lowest BCUT2D eigenvalue weighted by atomic mass is 10.1. The van der Waals surface area contributed by atoms with Crippen molar-refractivity contribution in [1.29, 1.82) is 0 Å². The number of aromatic amines is 1. The molecule has 1 aromatic heterocycles. The summed E-state index contributed by atoms with van der Waals surface area (Å²) in [6.07, 6.45) is 1.84. The van der Waals surface area contributed by atoms with Crippen LogP contribution in [0.1, 0.15) is 58.8 Å². The van der Waals surface area contributed by atoms with Crippen molar-refractivity contribution < 1.29 is 23.9 Å².